The second-order valence-electron chi connectivity index (χ2n) is 1.51. The van der Waals surface area contributed by atoms with Crippen molar-refractivity contribution >= 4 is 0 Å². The van der Waals surface area contributed by atoms with Crippen LogP contribution in [0.5, 0.6) is 0 Å². The summed E-state index contributed by atoms with van der Waals surface area (Å²) >= 11 is 0. The Bertz CT molecular complexity index is 72.1. The first kappa shape index (κ1) is 7.46. The summed E-state index contributed by atoms with van der Waals surface area (Å²) in [5.41, 5.74) is 0. The minimum Gasteiger partial charge on any atom is -0.304 e. The maximum atomic E-state index is 5.42. The molecule has 0 fully saturated rings. The molecule has 3 nitrogen and oxygen atoms in total. The highest BCUT2D eigenvalue weighted by Crippen LogP contribution is 1.83. The van der Waals surface area contributed by atoms with Crippen molar-refractivity contribution in [2.45, 2.75) is 6.92 Å². The van der Waals surface area contributed by atoms with Gasteiger partial charge in [0.15, 0.2) is 0 Å². The van der Waals surface area contributed by atoms with E-state index in [-0.39, 0.29) is 0 Å². The number of rotatable bonds is 3. The number of nitrogens with two attached hydrogens (primary N) is 1. The van der Waals surface area contributed by atoms with Crippen LogP contribution in [-0.2, 0) is 0 Å². The highest BCUT2D eigenvalue weighted by Gasteiger charge is 1.93. The Morgan fingerprint density at radius 3 is 2.38 bits per heavy atom. The predicted octanol–water partition coefficient (Wildman–Crippen LogP) is 0.172. The largest absolute Gasteiger partial charge is 0.304 e. The second kappa shape index (κ2) is 3.46. The normalized spacial score (nSPS) is 9.50. The summed E-state index contributed by atoms with van der Waals surface area (Å²) in [6.07, 6.45) is 1.66. The van der Waals surface area contributed by atoms with Gasteiger partial charge in [-0.25, -0.2) is 0 Å². The Morgan fingerprint density at radius 1 is 1.75 bits per heavy atom. The van der Waals surface area contributed by atoms with E-state index in [2.05, 4.69) is 6.58 Å². The molecule has 0 radical (unpaired) electrons. The molecule has 0 amide bonds. The maximum absolute atomic E-state index is 5.42. The van der Waals surface area contributed by atoms with E-state index >= 15 is 0 Å². The quantitative estimate of drug-likeness (QED) is 0.420. The van der Waals surface area contributed by atoms with E-state index in [1.807, 2.05) is 14.0 Å². The lowest BCUT2D eigenvalue weighted by Gasteiger charge is -2.23. The Hall–Kier alpha value is -0.540. The van der Waals surface area contributed by atoms with Crippen LogP contribution in [0.25, 0.3) is 0 Å². The molecule has 8 heavy (non-hydrogen) atoms. The van der Waals surface area contributed by atoms with Gasteiger partial charge >= 0.3 is 0 Å². The van der Waals surface area contributed by atoms with Crippen LogP contribution in [0.3, 0.4) is 0 Å². The molecule has 0 saturated carbocycles. The molecule has 0 rings (SSSR count). The fourth-order valence-corrected chi connectivity index (χ4v) is 0.328. The molecule has 0 aliphatic heterocycles. The zero-order chi connectivity index (χ0) is 6.57. The molecule has 0 aliphatic rings. The Balaban J connectivity index is 3.44. The average molecular weight is 115 g/mol. The lowest BCUT2D eigenvalue weighted by molar-refractivity contribution is 0.0537. The lowest BCUT2D eigenvalue weighted by atomic mass is 10.8. The summed E-state index contributed by atoms with van der Waals surface area (Å²) in [6, 6.07) is 0. The lowest BCUT2D eigenvalue weighted by Crippen LogP contribution is -2.41. The summed E-state index contributed by atoms with van der Waals surface area (Å²) < 4.78 is 0. The monoisotopic (exact) mass is 115 g/mol. The molecule has 0 atom stereocenters. The third kappa shape index (κ3) is 1.95. The minimum absolute atomic E-state index is 0.794. The van der Waals surface area contributed by atoms with Crippen molar-refractivity contribution in [3.05, 3.63) is 12.8 Å². The van der Waals surface area contributed by atoms with Gasteiger partial charge in [0.25, 0.3) is 0 Å². The molecule has 0 heterocycles. The SMILES string of the molecule is C=CN(C)N(N)CC. The van der Waals surface area contributed by atoms with Crippen molar-refractivity contribution in [3.8, 4) is 0 Å². The van der Waals surface area contributed by atoms with Crippen LogP contribution in [-0.4, -0.2) is 23.7 Å². The smallest absolute Gasteiger partial charge is 0.0309 e. The molecule has 0 aliphatic carbocycles. The second-order valence-corrected chi connectivity index (χ2v) is 1.51. The van der Waals surface area contributed by atoms with Gasteiger partial charge in [0.05, 0.1) is 0 Å². The van der Waals surface area contributed by atoms with Crippen molar-refractivity contribution < 1.29 is 0 Å². The van der Waals surface area contributed by atoms with E-state index in [0.29, 0.717) is 0 Å². The Kier molecular flexibility index (Phi) is 3.23. The van der Waals surface area contributed by atoms with Crippen LogP contribution >= 0.6 is 0 Å². The molecular weight excluding hydrogens is 102 g/mol. The van der Waals surface area contributed by atoms with Crippen molar-refractivity contribution in [2.75, 3.05) is 13.6 Å². The number of hydrogen-bond donors (Lipinski definition) is 1. The fraction of sp³-hybridized carbons (Fsp3) is 0.600. The Morgan fingerprint density at radius 2 is 2.25 bits per heavy atom. The predicted molar refractivity (Wildman–Crippen MR) is 34.5 cm³/mol. The zero-order valence-corrected chi connectivity index (χ0v) is 5.46. The van der Waals surface area contributed by atoms with Crippen molar-refractivity contribution in [2.24, 2.45) is 5.84 Å². The molecule has 0 aromatic heterocycles. The molecule has 3 heteroatoms. The van der Waals surface area contributed by atoms with E-state index in [1.165, 1.54) is 0 Å². The van der Waals surface area contributed by atoms with Crippen LogP contribution in [0.1, 0.15) is 6.92 Å². The summed E-state index contributed by atoms with van der Waals surface area (Å²) in [5, 5.41) is 3.28. The minimum atomic E-state index is 0.794. The van der Waals surface area contributed by atoms with Crippen LogP contribution in [0.15, 0.2) is 12.8 Å². The van der Waals surface area contributed by atoms with Gasteiger partial charge in [-0.05, 0) is 6.92 Å². The van der Waals surface area contributed by atoms with Gasteiger partial charge < -0.3 is 5.01 Å². The summed E-state index contributed by atoms with van der Waals surface area (Å²) in [5.74, 6) is 5.42. The summed E-state index contributed by atoms with van der Waals surface area (Å²) in [7, 11) is 1.84. The van der Waals surface area contributed by atoms with E-state index in [1.54, 1.807) is 16.3 Å². The molecule has 0 unspecified atom stereocenters. The first-order valence-electron chi connectivity index (χ1n) is 2.60. The van der Waals surface area contributed by atoms with Gasteiger partial charge in [-0.15, -0.1) is 0 Å². The topological polar surface area (TPSA) is 32.5 Å². The summed E-state index contributed by atoms with van der Waals surface area (Å²) in [4.78, 5) is 0. The average Bonchev–Trinajstić information content (AvgIpc) is 1.84. The zero-order valence-electron chi connectivity index (χ0n) is 5.46. The highest BCUT2D eigenvalue weighted by atomic mass is 15.7. The van der Waals surface area contributed by atoms with Gasteiger partial charge in [-0.2, -0.15) is 5.12 Å². The van der Waals surface area contributed by atoms with Crippen LogP contribution in [0.4, 0.5) is 0 Å². The van der Waals surface area contributed by atoms with Crippen LogP contribution in [0.2, 0.25) is 0 Å². The molecule has 0 saturated heterocycles. The molecule has 2 N–H and O–H groups in total. The Labute approximate surface area is 50.3 Å². The molecule has 0 bridgehead atoms. The molecule has 0 spiro atoms. The van der Waals surface area contributed by atoms with Gasteiger partial charge in [-0.1, -0.05) is 6.58 Å². The number of hydrogen-bond acceptors (Lipinski definition) is 3. The van der Waals surface area contributed by atoms with Crippen molar-refractivity contribution in [1.82, 2.24) is 10.1 Å². The first-order valence-corrected chi connectivity index (χ1v) is 2.60. The number of nitrogens with zero attached hydrogens (tertiary/aromatic N) is 2. The van der Waals surface area contributed by atoms with E-state index < -0.39 is 0 Å². The van der Waals surface area contributed by atoms with E-state index in [9.17, 15) is 0 Å². The van der Waals surface area contributed by atoms with Gasteiger partial charge in [0.1, 0.15) is 0 Å². The van der Waals surface area contributed by atoms with Crippen LogP contribution < -0.4 is 5.84 Å². The maximum Gasteiger partial charge on any atom is 0.0309 e. The van der Waals surface area contributed by atoms with Crippen molar-refractivity contribution in [1.29, 1.82) is 0 Å². The van der Waals surface area contributed by atoms with Gasteiger partial charge in [-0.3, -0.25) is 5.84 Å². The van der Waals surface area contributed by atoms with E-state index in [4.69, 9.17) is 5.84 Å². The number of hydrazine groups is 2. The van der Waals surface area contributed by atoms with Crippen molar-refractivity contribution in [3.63, 3.8) is 0 Å². The standard InChI is InChI=1S/C5H13N3/c1-4-7(3)8(6)5-2/h4H,1,5-6H2,2-3H3. The molecule has 0 aromatic rings. The van der Waals surface area contributed by atoms with Crippen LogP contribution in [0, 0.1) is 0 Å². The fourth-order valence-electron chi connectivity index (χ4n) is 0.328. The van der Waals surface area contributed by atoms with Gasteiger partial charge in [0.2, 0.25) is 0 Å². The third-order valence-electron chi connectivity index (χ3n) is 0.993. The highest BCUT2D eigenvalue weighted by molar-refractivity contribution is 4.60. The van der Waals surface area contributed by atoms with E-state index in [0.717, 1.165) is 6.54 Å². The molecule has 0 aromatic carbocycles. The summed E-state index contributed by atoms with van der Waals surface area (Å²) in [6.45, 7) is 6.30. The third-order valence-corrected chi connectivity index (χ3v) is 0.993. The first-order chi connectivity index (χ1) is 3.72. The van der Waals surface area contributed by atoms with Gasteiger partial charge in [0, 0.05) is 19.8 Å². The molecular formula is C5H13N3. The molecule has 48 valence electrons.